The lowest BCUT2D eigenvalue weighted by Crippen LogP contribution is -2.52. The number of phenols is 1. The summed E-state index contributed by atoms with van der Waals surface area (Å²) in [7, 11) is 0. The lowest BCUT2D eigenvalue weighted by Gasteiger charge is -2.43. The highest BCUT2D eigenvalue weighted by Gasteiger charge is 2.38. The van der Waals surface area contributed by atoms with Crippen molar-refractivity contribution in [1.29, 1.82) is 0 Å². The zero-order chi connectivity index (χ0) is 14.4. The van der Waals surface area contributed by atoms with Crippen molar-refractivity contribution in [2.75, 3.05) is 19.6 Å². The number of fused-ring (bicyclic) bond motifs is 2. The van der Waals surface area contributed by atoms with E-state index in [1.54, 1.807) is 6.07 Å². The first-order valence-corrected chi connectivity index (χ1v) is 8.08. The SMILES string of the molecule is O=C1CCC2CN(C3CCCc4c(O)cccc43)CCN12. The summed E-state index contributed by atoms with van der Waals surface area (Å²) in [6.07, 6.45) is 5.02. The maximum Gasteiger partial charge on any atom is 0.222 e. The van der Waals surface area contributed by atoms with E-state index in [-0.39, 0.29) is 0 Å². The molecule has 1 aliphatic carbocycles. The number of nitrogens with zero attached hydrogens (tertiary/aromatic N) is 2. The monoisotopic (exact) mass is 286 g/mol. The summed E-state index contributed by atoms with van der Waals surface area (Å²) in [4.78, 5) is 16.4. The Bertz CT molecular complexity index is 572. The molecule has 2 fully saturated rings. The molecule has 21 heavy (non-hydrogen) atoms. The van der Waals surface area contributed by atoms with E-state index in [1.165, 1.54) is 5.56 Å². The predicted molar refractivity (Wildman–Crippen MR) is 80.1 cm³/mol. The van der Waals surface area contributed by atoms with Gasteiger partial charge in [0.1, 0.15) is 5.75 Å². The Hall–Kier alpha value is -1.55. The van der Waals surface area contributed by atoms with E-state index in [0.29, 0.717) is 23.7 Å². The fourth-order valence-corrected chi connectivity index (χ4v) is 4.36. The van der Waals surface area contributed by atoms with Gasteiger partial charge in [-0.15, -0.1) is 0 Å². The first kappa shape index (κ1) is 13.1. The van der Waals surface area contributed by atoms with Gasteiger partial charge in [-0.2, -0.15) is 0 Å². The Kier molecular flexibility index (Phi) is 3.14. The molecule has 2 unspecified atom stereocenters. The van der Waals surface area contributed by atoms with Crippen LogP contribution in [-0.4, -0.2) is 46.5 Å². The first-order valence-electron chi connectivity index (χ1n) is 8.08. The molecule has 2 heterocycles. The number of aromatic hydroxyl groups is 1. The van der Waals surface area contributed by atoms with Crippen LogP contribution in [0.3, 0.4) is 0 Å². The van der Waals surface area contributed by atoms with Crippen molar-refractivity contribution in [2.45, 2.75) is 44.2 Å². The molecule has 1 N–H and O–H groups in total. The van der Waals surface area contributed by atoms with E-state index in [1.807, 2.05) is 6.07 Å². The van der Waals surface area contributed by atoms with E-state index in [2.05, 4.69) is 15.9 Å². The Morgan fingerprint density at radius 1 is 1.14 bits per heavy atom. The van der Waals surface area contributed by atoms with Gasteiger partial charge in [0.15, 0.2) is 0 Å². The zero-order valence-electron chi connectivity index (χ0n) is 12.3. The Morgan fingerprint density at radius 2 is 2.05 bits per heavy atom. The molecule has 0 aromatic heterocycles. The minimum Gasteiger partial charge on any atom is -0.508 e. The molecule has 0 spiro atoms. The number of benzene rings is 1. The van der Waals surface area contributed by atoms with Crippen LogP contribution in [-0.2, 0) is 11.2 Å². The molecule has 2 saturated heterocycles. The molecule has 2 aliphatic heterocycles. The summed E-state index contributed by atoms with van der Waals surface area (Å²) in [5, 5.41) is 10.1. The van der Waals surface area contributed by atoms with Crippen molar-refractivity contribution in [1.82, 2.24) is 9.80 Å². The van der Waals surface area contributed by atoms with Gasteiger partial charge in [0, 0.05) is 38.1 Å². The van der Waals surface area contributed by atoms with E-state index < -0.39 is 0 Å². The molecular formula is C17H22N2O2. The van der Waals surface area contributed by atoms with Gasteiger partial charge in [-0.25, -0.2) is 0 Å². The fourth-order valence-electron chi connectivity index (χ4n) is 4.36. The second kappa shape index (κ2) is 5.02. The van der Waals surface area contributed by atoms with Crippen LogP contribution in [0.15, 0.2) is 18.2 Å². The number of carbonyl (C=O) groups is 1. The van der Waals surface area contributed by atoms with Crippen molar-refractivity contribution < 1.29 is 9.90 Å². The van der Waals surface area contributed by atoms with Gasteiger partial charge in [0.2, 0.25) is 5.91 Å². The Labute approximate surface area is 125 Å². The highest BCUT2D eigenvalue weighted by atomic mass is 16.3. The molecule has 0 radical (unpaired) electrons. The smallest absolute Gasteiger partial charge is 0.222 e. The number of amides is 1. The third-order valence-electron chi connectivity index (χ3n) is 5.42. The molecule has 0 bridgehead atoms. The van der Waals surface area contributed by atoms with Crippen molar-refractivity contribution in [3.8, 4) is 5.75 Å². The van der Waals surface area contributed by atoms with Gasteiger partial charge in [-0.3, -0.25) is 9.69 Å². The van der Waals surface area contributed by atoms with Gasteiger partial charge in [0.25, 0.3) is 0 Å². The lowest BCUT2D eigenvalue weighted by atomic mass is 9.85. The summed E-state index contributed by atoms with van der Waals surface area (Å²) in [6, 6.07) is 6.76. The fraction of sp³-hybridized carbons (Fsp3) is 0.588. The molecular weight excluding hydrogens is 264 g/mol. The summed E-state index contributed by atoms with van der Waals surface area (Å²) < 4.78 is 0. The third kappa shape index (κ3) is 2.13. The second-order valence-corrected chi connectivity index (χ2v) is 6.53. The Morgan fingerprint density at radius 3 is 2.95 bits per heavy atom. The van der Waals surface area contributed by atoms with Gasteiger partial charge in [0.05, 0.1) is 0 Å². The summed E-state index contributed by atoms with van der Waals surface area (Å²) in [5.74, 6) is 0.785. The molecule has 4 nitrogen and oxygen atoms in total. The number of hydrogen-bond donors (Lipinski definition) is 1. The van der Waals surface area contributed by atoms with Gasteiger partial charge >= 0.3 is 0 Å². The number of piperazine rings is 1. The quantitative estimate of drug-likeness (QED) is 0.859. The van der Waals surface area contributed by atoms with E-state index in [9.17, 15) is 9.90 Å². The van der Waals surface area contributed by atoms with Gasteiger partial charge < -0.3 is 10.0 Å². The van der Waals surface area contributed by atoms with Crippen molar-refractivity contribution >= 4 is 5.91 Å². The average Bonchev–Trinajstić information content (AvgIpc) is 2.88. The predicted octanol–water partition coefficient (Wildman–Crippen LogP) is 2.08. The zero-order valence-corrected chi connectivity index (χ0v) is 12.3. The van der Waals surface area contributed by atoms with Crippen LogP contribution in [0.2, 0.25) is 0 Å². The van der Waals surface area contributed by atoms with Crippen LogP contribution in [0.25, 0.3) is 0 Å². The van der Waals surface area contributed by atoms with Crippen LogP contribution < -0.4 is 0 Å². The number of carbonyl (C=O) groups excluding carboxylic acids is 1. The third-order valence-corrected chi connectivity index (χ3v) is 5.42. The van der Waals surface area contributed by atoms with Gasteiger partial charge in [-0.05, 0) is 42.9 Å². The maximum atomic E-state index is 11.8. The molecule has 1 amide bonds. The number of phenolic OH excluding ortho intramolecular Hbond substituents is 1. The van der Waals surface area contributed by atoms with Crippen molar-refractivity contribution in [3.63, 3.8) is 0 Å². The normalized spacial score (nSPS) is 29.3. The lowest BCUT2D eigenvalue weighted by molar-refractivity contribution is -0.131. The van der Waals surface area contributed by atoms with E-state index >= 15 is 0 Å². The van der Waals surface area contributed by atoms with Crippen LogP contribution in [0.5, 0.6) is 5.75 Å². The minimum absolute atomic E-state index is 0.335. The summed E-state index contributed by atoms with van der Waals surface area (Å²) in [5.41, 5.74) is 2.44. The maximum absolute atomic E-state index is 11.8. The average molecular weight is 286 g/mol. The first-order chi connectivity index (χ1) is 10.2. The van der Waals surface area contributed by atoms with E-state index in [0.717, 1.165) is 57.3 Å². The highest BCUT2D eigenvalue weighted by Crippen LogP contribution is 2.39. The largest absolute Gasteiger partial charge is 0.508 e. The van der Waals surface area contributed by atoms with Gasteiger partial charge in [-0.1, -0.05) is 12.1 Å². The number of hydrogen-bond acceptors (Lipinski definition) is 3. The molecule has 2 atom stereocenters. The van der Waals surface area contributed by atoms with Crippen LogP contribution in [0.1, 0.15) is 42.9 Å². The number of rotatable bonds is 1. The summed E-state index contributed by atoms with van der Waals surface area (Å²) >= 11 is 0. The molecule has 1 aromatic carbocycles. The molecule has 1 aromatic rings. The van der Waals surface area contributed by atoms with Crippen LogP contribution >= 0.6 is 0 Å². The summed E-state index contributed by atoms with van der Waals surface area (Å²) in [6.45, 7) is 2.82. The van der Waals surface area contributed by atoms with Crippen LogP contribution in [0.4, 0.5) is 0 Å². The standard InChI is InChI=1S/C17H22N2O2/c20-16-6-2-3-13-14(16)4-1-5-15(13)18-9-10-19-12(11-18)7-8-17(19)21/h2-3,6,12,15,20H,1,4-5,7-11H2. The van der Waals surface area contributed by atoms with E-state index in [4.69, 9.17) is 0 Å². The molecule has 4 rings (SSSR count). The Balaban J connectivity index is 1.59. The topological polar surface area (TPSA) is 43.8 Å². The van der Waals surface area contributed by atoms with Crippen LogP contribution in [0, 0.1) is 0 Å². The molecule has 0 saturated carbocycles. The van der Waals surface area contributed by atoms with Crippen molar-refractivity contribution in [3.05, 3.63) is 29.3 Å². The molecule has 4 heteroatoms. The highest BCUT2D eigenvalue weighted by molar-refractivity contribution is 5.78. The van der Waals surface area contributed by atoms with Crippen molar-refractivity contribution in [2.24, 2.45) is 0 Å². The molecule has 112 valence electrons. The second-order valence-electron chi connectivity index (χ2n) is 6.53. The molecule has 3 aliphatic rings. The minimum atomic E-state index is 0.335.